The molecule has 18 heavy (non-hydrogen) atoms. The first kappa shape index (κ1) is 12.7. The number of amides is 1. The number of carbonyl (C=O) groups excluding carboxylic acids is 1. The fraction of sp³-hybridized carbons (Fsp3) is 0.583. The molecule has 2 heterocycles. The minimum atomic E-state index is -0.490. The molecule has 1 N–H and O–H groups in total. The lowest BCUT2D eigenvalue weighted by molar-refractivity contribution is -0.132. The Morgan fingerprint density at radius 1 is 1.33 bits per heavy atom. The van der Waals surface area contributed by atoms with E-state index in [0.29, 0.717) is 0 Å². The van der Waals surface area contributed by atoms with E-state index in [-0.39, 0.29) is 11.9 Å². The van der Waals surface area contributed by atoms with Crippen LogP contribution in [0.5, 0.6) is 0 Å². The van der Waals surface area contributed by atoms with Gasteiger partial charge in [-0.1, -0.05) is 0 Å². The number of nitrogens with zero attached hydrogens (tertiary/aromatic N) is 3. The molecular formula is C12H17FN4O. The second-order valence-electron chi connectivity index (χ2n) is 4.48. The van der Waals surface area contributed by atoms with E-state index in [1.54, 1.807) is 6.92 Å². The summed E-state index contributed by atoms with van der Waals surface area (Å²) < 4.78 is 12.6. The number of rotatable bonds is 3. The minimum Gasteiger partial charge on any atom is -0.343 e. The molecule has 0 spiro atoms. The molecule has 1 aliphatic rings. The number of likely N-dealkylation sites (tertiary alicyclic amines) is 1. The highest BCUT2D eigenvalue weighted by molar-refractivity contribution is 5.83. The van der Waals surface area contributed by atoms with Crippen LogP contribution < -0.4 is 5.32 Å². The smallest absolute Gasteiger partial charge is 0.244 e. The summed E-state index contributed by atoms with van der Waals surface area (Å²) in [5, 5.41) is 2.89. The van der Waals surface area contributed by atoms with E-state index < -0.39 is 11.9 Å². The SMILES string of the molecule is CC(Nc1ncc(F)cn1)C(=O)N1CCCCC1. The first-order valence-electron chi connectivity index (χ1n) is 6.19. The van der Waals surface area contributed by atoms with Gasteiger partial charge in [-0.3, -0.25) is 4.79 Å². The number of carbonyl (C=O) groups is 1. The Hall–Kier alpha value is -1.72. The molecule has 1 unspecified atom stereocenters. The van der Waals surface area contributed by atoms with Crippen LogP contribution in [0.1, 0.15) is 26.2 Å². The molecule has 0 bridgehead atoms. The molecule has 1 aromatic rings. The van der Waals surface area contributed by atoms with Crippen LogP contribution in [0.2, 0.25) is 0 Å². The van der Waals surface area contributed by atoms with E-state index in [1.807, 2.05) is 4.90 Å². The van der Waals surface area contributed by atoms with E-state index in [9.17, 15) is 9.18 Å². The molecule has 1 amide bonds. The third kappa shape index (κ3) is 3.15. The lowest BCUT2D eigenvalue weighted by Crippen LogP contribution is -2.44. The van der Waals surface area contributed by atoms with Gasteiger partial charge in [0.25, 0.3) is 0 Å². The van der Waals surface area contributed by atoms with Gasteiger partial charge in [-0.15, -0.1) is 0 Å². The number of anilines is 1. The zero-order valence-corrected chi connectivity index (χ0v) is 10.4. The number of aromatic nitrogens is 2. The highest BCUT2D eigenvalue weighted by Gasteiger charge is 2.22. The Kier molecular flexibility index (Phi) is 4.07. The van der Waals surface area contributed by atoms with Gasteiger partial charge in [0.15, 0.2) is 5.82 Å². The minimum absolute atomic E-state index is 0.0441. The van der Waals surface area contributed by atoms with Crippen molar-refractivity contribution in [1.82, 2.24) is 14.9 Å². The molecule has 2 rings (SSSR count). The van der Waals surface area contributed by atoms with Crippen molar-refractivity contribution in [2.45, 2.75) is 32.2 Å². The van der Waals surface area contributed by atoms with E-state index in [0.717, 1.165) is 38.3 Å². The molecule has 98 valence electrons. The van der Waals surface area contributed by atoms with Crippen molar-refractivity contribution in [3.05, 3.63) is 18.2 Å². The summed E-state index contributed by atoms with van der Waals surface area (Å²) in [6, 6.07) is -0.395. The Labute approximate surface area is 105 Å². The molecule has 0 aliphatic carbocycles. The molecule has 0 radical (unpaired) electrons. The lowest BCUT2D eigenvalue weighted by Gasteiger charge is -2.29. The highest BCUT2D eigenvalue weighted by Crippen LogP contribution is 2.11. The van der Waals surface area contributed by atoms with Crippen molar-refractivity contribution in [1.29, 1.82) is 0 Å². The van der Waals surface area contributed by atoms with E-state index >= 15 is 0 Å². The van der Waals surface area contributed by atoms with Gasteiger partial charge < -0.3 is 10.2 Å². The van der Waals surface area contributed by atoms with E-state index in [4.69, 9.17) is 0 Å². The summed E-state index contributed by atoms with van der Waals surface area (Å²) in [5.74, 6) is -0.174. The fourth-order valence-electron chi connectivity index (χ4n) is 2.03. The standard InChI is InChI=1S/C12H17FN4O/c1-9(11(18)17-5-3-2-4-6-17)16-12-14-7-10(13)8-15-12/h7-9H,2-6H2,1H3,(H,14,15,16). The maximum atomic E-state index is 12.6. The molecule has 1 saturated heterocycles. The normalized spacial score (nSPS) is 17.3. The van der Waals surface area contributed by atoms with Gasteiger partial charge in [-0.2, -0.15) is 0 Å². The number of hydrogen-bond acceptors (Lipinski definition) is 4. The highest BCUT2D eigenvalue weighted by atomic mass is 19.1. The fourth-order valence-corrected chi connectivity index (χ4v) is 2.03. The number of hydrogen-bond donors (Lipinski definition) is 1. The molecule has 6 heteroatoms. The summed E-state index contributed by atoms with van der Waals surface area (Å²) in [6.07, 6.45) is 5.46. The summed E-state index contributed by atoms with van der Waals surface area (Å²) in [6.45, 7) is 3.40. The van der Waals surface area contributed by atoms with Crippen LogP contribution >= 0.6 is 0 Å². The van der Waals surface area contributed by atoms with Gasteiger partial charge in [0.1, 0.15) is 6.04 Å². The lowest BCUT2D eigenvalue weighted by atomic mass is 10.1. The Morgan fingerprint density at radius 3 is 2.56 bits per heavy atom. The first-order chi connectivity index (χ1) is 8.66. The van der Waals surface area contributed by atoms with Crippen LogP contribution in [0, 0.1) is 5.82 Å². The average molecular weight is 252 g/mol. The summed E-state index contributed by atoms with van der Waals surface area (Å²) in [7, 11) is 0. The van der Waals surface area contributed by atoms with Crippen LogP contribution in [0.4, 0.5) is 10.3 Å². The van der Waals surface area contributed by atoms with Gasteiger partial charge in [-0.05, 0) is 26.2 Å². The quantitative estimate of drug-likeness (QED) is 0.884. The van der Waals surface area contributed by atoms with Gasteiger partial charge in [0, 0.05) is 13.1 Å². The molecule has 5 nitrogen and oxygen atoms in total. The van der Waals surface area contributed by atoms with Crippen molar-refractivity contribution in [2.75, 3.05) is 18.4 Å². The monoisotopic (exact) mass is 252 g/mol. The van der Waals surface area contributed by atoms with Gasteiger partial charge in [-0.25, -0.2) is 14.4 Å². The van der Waals surface area contributed by atoms with E-state index in [2.05, 4.69) is 15.3 Å². The molecular weight excluding hydrogens is 235 g/mol. The summed E-state index contributed by atoms with van der Waals surface area (Å²) in [5.41, 5.74) is 0. The number of piperidine rings is 1. The third-order valence-corrected chi connectivity index (χ3v) is 3.00. The van der Waals surface area contributed by atoms with E-state index in [1.165, 1.54) is 6.42 Å². The predicted molar refractivity (Wildman–Crippen MR) is 65.5 cm³/mol. The maximum absolute atomic E-state index is 12.6. The Balaban J connectivity index is 1.92. The molecule has 0 aromatic carbocycles. The van der Waals surface area contributed by atoms with Crippen LogP contribution in [0.25, 0.3) is 0 Å². The Morgan fingerprint density at radius 2 is 1.94 bits per heavy atom. The van der Waals surface area contributed by atoms with Crippen molar-refractivity contribution in [3.8, 4) is 0 Å². The maximum Gasteiger partial charge on any atom is 0.244 e. The number of nitrogens with one attached hydrogen (secondary N) is 1. The van der Waals surface area contributed by atoms with Crippen LogP contribution in [0.3, 0.4) is 0 Å². The third-order valence-electron chi connectivity index (χ3n) is 3.00. The average Bonchev–Trinajstić information content (AvgIpc) is 2.41. The largest absolute Gasteiger partial charge is 0.343 e. The second kappa shape index (κ2) is 5.75. The summed E-state index contributed by atoms with van der Waals surface area (Å²) in [4.78, 5) is 21.5. The van der Waals surface area contributed by atoms with Gasteiger partial charge >= 0.3 is 0 Å². The van der Waals surface area contributed by atoms with Crippen molar-refractivity contribution < 1.29 is 9.18 Å². The molecule has 0 saturated carbocycles. The number of halogens is 1. The van der Waals surface area contributed by atoms with Gasteiger partial charge in [0.05, 0.1) is 12.4 Å². The van der Waals surface area contributed by atoms with Crippen LogP contribution in [0.15, 0.2) is 12.4 Å². The van der Waals surface area contributed by atoms with Crippen molar-refractivity contribution >= 4 is 11.9 Å². The van der Waals surface area contributed by atoms with Crippen molar-refractivity contribution in [3.63, 3.8) is 0 Å². The topological polar surface area (TPSA) is 58.1 Å². The van der Waals surface area contributed by atoms with Crippen molar-refractivity contribution in [2.24, 2.45) is 0 Å². The molecule has 1 aromatic heterocycles. The second-order valence-corrected chi connectivity index (χ2v) is 4.48. The van der Waals surface area contributed by atoms with Crippen LogP contribution in [-0.2, 0) is 4.79 Å². The Bertz CT molecular complexity index is 403. The molecule has 1 atom stereocenters. The predicted octanol–water partition coefficient (Wildman–Crippen LogP) is 1.43. The van der Waals surface area contributed by atoms with Crippen LogP contribution in [-0.4, -0.2) is 39.9 Å². The first-order valence-corrected chi connectivity index (χ1v) is 6.19. The molecule has 1 aliphatic heterocycles. The van der Waals surface area contributed by atoms with Gasteiger partial charge in [0.2, 0.25) is 11.9 Å². The summed E-state index contributed by atoms with van der Waals surface area (Å²) >= 11 is 0. The zero-order valence-electron chi connectivity index (χ0n) is 10.4. The molecule has 1 fully saturated rings. The zero-order chi connectivity index (χ0) is 13.0.